The van der Waals surface area contributed by atoms with Crippen molar-refractivity contribution < 1.29 is 0 Å². The fraction of sp³-hybridized carbons (Fsp3) is 0.348. The highest BCUT2D eigenvalue weighted by Gasteiger charge is 2.39. The first-order chi connectivity index (χ1) is 13.2. The molecule has 2 N–H and O–H groups in total. The minimum absolute atomic E-state index is 0.0784. The van der Waals surface area contributed by atoms with Crippen LogP contribution >= 0.6 is 35.8 Å². The van der Waals surface area contributed by atoms with Crippen molar-refractivity contribution in [2.24, 2.45) is 0 Å². The van der Waals surface area contributed by atoms with Gasteiger partial charge < -0.3 is 5.73 Å². The molecule has 1 aromatic heterocycles. The molecular formula is C23H24Cl2N2S. The molecular weight excluding hydrogens is 407 g/mol. The molecule has 0 spiro atoms. The minimum atomic E-state index is 0.0784. The smallest absolute Gasteiger partial charge is 0.0737 e. The number of nitrogen functional groups attached to an aromatic ring is 1. The van der Waals surface area contributed by atoms with Gasteiger partial charge in [-0.1, -0.05) is 54.4 Å². The molecule has 28 heavy (non-hydrogen) atoms. The summed E-state index contributed by atoms with van der Waals surface area (Å²) in [4.78, 5) is 4.74. The van der Waals surface area contributed by atoms with Gasteiger partial charge in [0.25, 0.3) is 0 Å². The number of nitrogens with two attached hydrogens (primary N) is 1. The Morgan fingerprint density at radius 2 is 1.89 bits per heavy atom. The number of benzene rings is 2. The monoisotopic (exact) mass is 430 g/mol. The van der Waals surface area contributed by atoms with Crippen molar-refractivity contribution in [1.82, 2.24) is 4.98 Å². The van der Waals surface area contributed by atoms with E-state index in [-0.39, 0.29) is 4.75 Å². The fourth-order valence-electron chi connectivity index (χ4n) is 4.24. The summed E-state index contributed by atoms with van der Waals surface area (Å²) >= 11 is 18.1. The predicted octanol–water partition coefficient (Wildman–Crippen LogP) is 6.78. The van der Waals surface area contributed by atoms with Crippen LogP contribution in [-0.4, -0.2) is 9.73 Å². The van der Waals surface area contributed by atoms with Gasteiger partial charge in [-0.15, -0.1) is 0 Å². The molecule has 0 amide bonds. The van der Waals surface area contributed by atoms with Gasteiger partial charge in [0.2, 0.25) is 0 Å². The summed E-state index contributed by atoms with van der Waals surface area (Å²) in [5, 5.41) is 2.49. The summed E-state index contributed by atoms with van der Waals surface area (Å²) in [7, 11) is 0. The molecule has 0 atom stereocenters. The summed E-state index contributed by atoms with van der Waals surface area (Å²) < 4.78 is 0.0784. The van der Waals surface area contributed by atoms with E-state index in [9.17, 15) is 0 Å². The maximum atomic E-state index is 6.82. The van der Waals surface area contributed by atoms with Gasteiger partial charge in [0.05, 0.1) is 16.2 Å². The van der Waals surface area contributed by atoms with Gasteiger partial charge in [-0.3, -0.25) is 4.98 Å². The largest absolute Gasteiger partial charge is 0.398 e. The Labute approximate surface area is 181 Å². The van der Waals surface area contributed by atoms with E-state index in [1.165, 1.54) is 5.56 Å². The molecule has 5 heteroatoms. The Morgan fingerprint density at radius 3 is 2.61 bits per heavy atom. The van der Waals surface area contributed by atoms with E-state index in [0.29, 0.717) is 16.6 Å². The Kier molecular flexibility index (Phi) is 5.28. The van der Waals surface area contributed by atoms with Gasteiger partial charge in [-0.25, -0.2) is 0 Å². The van der Waals surface area contributed by atoms with Crippen molar-refractivity contribution in [3.05, 3.63) is 68.8 Å². The molecule has 0 bridgehead atoms. The first-order valence-corrected chi connectivity index (χ1v) is 10.8. The molecule has 1 heterocycles. The van der Waals surface area contributed by atoms with Crippen LogP contribution in [0.1, 0.15) is 48.1 Å². The molecule has 1 aliphatic rings. The van der Waals surface area contributed by atoms with E-state index in [4.69, 9.17) is 33.9 Å². The van der Waals surface area contributed by atoms with E-state index in [1.807, 2.05) is 19.1 Å². The molecule has 0 radical (unpaired) electrons. The summed E-state index contributed by atoms with van der Waals surface area (Å²) in [6, 6.07) is 12.4. The number of thiol groups is 1. The number of para-hydroxylation sites is 1. The molecule has 0 aliphatic heterocycles. The first-order valence-electron chi connectivity index (χ1n) is 9.59. The van der Waals surface area contributed by atoms with Crippen LogP contribution in [0.3, 0.4) is 0 Å². The zero-order chi connectivity index (χ0) is 20.1. The number of halogens is 2. The Bertz CT molecular complexity index is 1050. The Morgan fingerprint density at radius 1 is 1.14 bits per heavy atom. The van der Waals surface area contributed by atoms with Gasteiger partial charge in [0.1, 0.15) is 0 Å². The van der Waals surface area contributed by atoms with E-state index >= 15 is 0 Å². The lowest BCUT2D eigenvalue weighted by Crippen LogP contribution is -2.34. The number of hydrogen-bond acceptors (Lipinski definition) is 3. The van der Waals surface area contributed by atoms with Gasteiger partial charge in [-0.2, -0.15) is 12.6 Å². The van der Waals surface area contributed by atoms with Gasteiger partial charge in [0.15, 0.2) is 0 Å². The molecule has 1 fully saturated rings. The van der Waals surface area contributed by atoms with Crippen molar-refractivity contribution in [2.75, 3.05) is 5.73 Å². The highest BCUT2D eigenvalue weighted by molar-refractivity contribution is 7.81. The quantitative estimate of drug-likeness (QED) is 0.353. The zero-order valence-electron chi connectivity index (χ0n) is 16.1. The molecule has 2 nitrogen and oxygen atoms in total. The Hall–Kier alpha value is -1.42. The lowest BCUT2D eigenvalue weighted by atomic mass is 9.71. The van der Waals surface area contributed by atoms with Crippen LogP contribution in [0.4, 0.5) is 5.69 Å². The van der Waals surface area contributed by atoms with Crippen LogP contribution in [-0.2, 0) is 12.8 Å². The van der Waals surface area contributed by atoms with Gasteiger partial charge >= 0.3 is 0 Å². The molecule has 2 aromatic carbocycles. The second kappa shape index (κ2) is 7.44. The minimum Gasteiger partial charge on any atom is -0.398 e. The SMILES string of the molecule is Cc1ccc2cccc(CCc3c(Cl)c(N)cc(C4CC(C)(S)C4)c3Cl)c2n1. The van der Waals surface area contributed by atoms with Gasteiger partial charge in [-0.05, 0) is 67.3 Å². The van der Waals surface area contributed by atoms with E-state index in [0.717, 1.165) is 58.4 Å². The average molecular weight is 431 g/mol. The average Bonchev–Trinajstić information content (AvgIpc) is 2.63. The molecule has 4 rings (SSSR count). The second-order valence-electron chi connectivity index (χ2n) is 8.21. The molecule has 1 aliphatic carbocycles. The Balaban J connectivity index is 1.65. The number of anilines is 1. The molecule has 146 valence electrons. The van der Waals surface area contributed by atoms with Crippen LogP contribution in [0.2, 0.25) is 10.0 Å². The third-order valence-corrected chi connectivity index (χ3v) is 7.01. The van der Waals surface area contributed by atoms with Crippen molar-refractivity contribution >= 4 is 52.4 Å². The highest BCUT2D eigenvalue weighted by atomic mass is 35.5. The number of aromatic nitrogens is 1. The first kappa shape index (κ1) is 19.9. The predicted molar refractivity (Wildman–Crippen MR) is 124 cm³/mol. The third-order valence-electron chi connectivity index (χ3n) is 5.75. The molecule has 0 unspecified atom stereocenters. The number of hydrogen-bond donors (Lipinski definition) is 2. The van der Waals surface area contributed by atoms with Crippen LogP contribution in [0.15, 0.2) is 36.4 Å². The summed E-state index contributed by atoms with van der Waals surface area (Å²) in [5.41, 5.74) is 12.1. The van der Waals surface area contributed by atoms with E-state index < -0.39 is 0 Å². The summed E-state index contributed by atoms with van der Waals surface area (Å²) in [6.07, 6.45) is 3.55. The standard InChI is InChI=1S/C23H24Cl2N2S/c1-13-6-7-14-4-3-5-15(22(14)27-13)8-9-17-20(24)18(10-19(26)21(17)25)16-11-23(2,28)12-16/h3-7,10,16,28H,8-9,11-12,26H2,1-2H3. The van der Waals surface area contributed by atoms with Crippen molar-refractivity contribution in [3.63, 3.8) is 0 Å². The van der Waals surface area contributed by atoms with Crippen LogP contribution in [0.25, 0.3) is 10.9 Å². The van der Waals surface area contributed by atoms with Crippen LogP contribution in [0.5, 0.6) is 0 Å². The van der Waals surface area contributed by atoms with Crippen molar-refractivity contribution in [3.8, 4) is 0 Å². The molecule has 1 saturated carbocycles. The number of rotatable bonds is 4. The number of fused-ring (bicyclic) bond motifs is 1. The number of aryl methyl sites for hydroxylation is 2. The number of pyridine rings is 1. The van der Waals surface area contributed by atoms with Crippen molar-refractivity contribution in [2.45, 2.75) is 50.2 Å². The topological polar surface area (TPSA) is 38.9 Å². The van der Waals surface area contributed by atoms with E-state index in [2.05, 4.69) is 43.8 Å². The normalized spacial score (nSPS) is 21.7. The van der Waals surface area contributed by atoms with Crippen molar-refractivity contribution in [1.29, 1.82) is 0 Å². The maximum absolute atomic E-state index is 6.82. The van der Waals surface area contributed by atoms with Crippen LogP contribution < -0.4 is 5.73 Å². The summed E-state index contributed by atoms with van der Waals surface area (Å²) in [6.45, 7) is 4.18. The lowest BCUT2D eigenvalue weighted by Gasteiger charge is -2.42. The second-order valence-corrected chi connectivity index (χ2v) is 10.0. The highest BCUT2D eigenvalue weighted by Crippen LogP contribution is 2.51. The number of nitrogens with zero attached hydrogens (tertiary/aromatic N) is 1. The molecule has 0 saturated heterocycles. The lowest BCUT2D eigenvalue weighted by molar-refractivity contribution is 0.332. The summed E-state index contributed by atoms with van der Waals surface area (Å²) in [5.74, 6) is 0.398. The van der Waals surface area contributed by atoms with Gasteiger partial charge in [0, 0.05) is 20.8 Å². The van der Waals surface area contributed by atoms with E-state index in [1.54, 1.807) is 0 Å². The maximum Gasteiger partial charge on any atom is 0.0737 e. The zero-order valence-corrected chi connectivity index (χ0v) is 18.5. The third kappa shape index (κ3) is 3.72. The van der Waals surface area contributed by atoms with Crippen LogP contribution in [0, 0.1) is 6.92 Å². The molecule has 3 aromatic rings. The fourth-order valence-corrected chi connectivity index (χ4v) is 5.38.